The molecule has 0 spiro atoms. The zero-order valence-electron chi connectivity index (χ0n) is 19.8. The maximum Gasteiger partial charge on any atom is 0.311 e. The maximum atomic E-state index is 13.1. The van der Waals surface area contributed by atoms with Gasteiger partial charge in [0.2, 0.25) is 0 Å². The van der Waals surface area contributed by atoms with Crippen LogP contribution in [0.4, 0.5) is 5.69 Å². The minimum Gasteiger partial charge on any atom is -0.507 e. The number of amides is 1. The van der Waals surface area contributed by atoms with E-state index in [9.17, 15) is 29.9 Å². The number of nitro benzene ring substituents is 1. The Hall–Kier alpha value is -3.88. The fourth-order valence-corrected chi connectivity index (χ4v) is 4.28. The van der Waals surface area contributed by atoms with Crippen LogP contribution in [0, 0.1) is 17.0 Å². The number of aliphatic hydroxyl groups excluding tert-OH is 1. The first kappa shape index (κ1) is 24.8. The number of methoxy groups -OCH3 is 1. The van der Waals surface area contributed by atoms with E-state index in [1.165, 1.54) is 11.0 Å². The first-order valence-electron chi connectivity index (χ1n) is 11.0. The Morgan fingerprint density at radius 2 is 1.91 bits per heavy atom. The summed E-state index contributed by atoms with van der Waals surface area (Å²) in [5.74, 6) is -1.86. The molecule has 1 aliphatic heterocycles. The number of aliphatic hydroxyl groups is 1. The van der Waals surface area contributed by atoms with Crippen LogP contribution in [0.5, 0.6) is 11.5 Å². The molecule has 2 aromatic carbocycles. The van der Waals surface area contributed by atoms with Crippen molar-refractivity contribution in [2.75, 3.05) is 13.7 Å². The van der Waals surface area contributed by atoms with E-state index in [0.717, 1.165) is 17.7 Å². The normalized spacial score (nSPS) is 17.5. The van der Waals surface area contributed by atoms with Gasteiger partial charge >= 0.3 is 5.69 Å². The highest BCUT2D eigenvalue weighted by Crippen LogP contribution is 2.43. The fraction of sp³-hybridized carbons (Fsp3) is 0.360. The zero-order chi connectivity index (χ0) is 25.3. The van der Waals surface area contributed by atoms with Gasteiger partial charge in [-0.25, -0.2) is 0 Å². The number of ether oxygens (including phenoxy) is 1. The molecule has 9 heteroatoms. The van der Waals surface area contributed by atoms with Gasteiger partial charge in [0.15, 0.2) is 5.75 Å². The number of nitrogens with zero attached hydrogens (tertiary/aromatic N) is 2. The maximum absolute atomic E-state index is 13.1. The molecule has 1 aliphatic rings. The number of hydrogen-bond donors (Lipinski definition) is 2. The molecule has 1 heterocycles. The highest BCUT2D eigenvalue weighted by molar-refractivity contribution is 6.46. The van der Waals surface area contributed by atoms with E-state index in [-0.39, 0.29) is 29.4 Å². The van der Waals surface area contributed by atoms with Gasteiger partial charge < -0.3 is 19.8 Å². The third kappa shape index (κ3) is 4.21. The summed E-state index contributed by atoms with van der Waals surface area (Å²) in [6, 6.07) is 6.14. The Morgan fingerprint density at radius 3 is 2.47 bits per heavy atom. The summed E-state index contributed by atoms with van der Waals surface area (Å²) in [5, 5.41) is 32.6. The Labute approximate surface area is 197 Å². The van der Waals surface area contributed by atoms with E-state index in [1.54, 1.807) is 26.2 Å². The molecule has 9 nitrogen and oxygen atoms in total. The van der Waals surface area contributed by atoms with Crippen LogP contribution in [0.3, 0.4) is 0 Å². The molecular formula is C25H28N2O7. The van der Waals surface area contributed by atoms with Gasteiger partial charge in [0.25, 0.3) is 11.7 Å². The van der Waals surface area contributed by atoms with Crippen molar-refractivity contribution in [1.82, 2.24) is 4.90 Å². The number of carbonyl (C=O) groups excluding carboxylic acids is 2. The van der Waals surface area contributed by atoms with Crippen molar-refractivity contribution < 1.29 is 29.5 Å². The third-order valence-corrected chi connectivity index (χ3v) is 5.97. The third-order valence-electron chi connectivity index (χ3n) is 5.97. The van der Waals surface area contributed by atoms with Crippen LogP contribution in [0.1, 0.15) is 61.4 Å². The van der Waals surface area contributed by atoms with Crippen LogP contribution >= 0.6 is 0 Å². The monoisotopic (exact) mass is 468 g/mol. The van der Waals surface area contributed by atoms with Crippen LogP contribution in [0.25, 0.3) is 5.76 Å². The fourth-order valence-electron chi connectivity index (χ4n) is 4.28. The number of hydrogen-bond acceptors (Lipinski definition) is 7. The molecule has 3 rings (SSSR count). The second kappa shape index (κ2) is 9.54. The molecule has 0 saturated carbocycles. The molecule has 0 bridgehead atoms. The summed E-state index contributed by atoms with van der Waals surface area (Å²) in [7, 11) is 1.55. The highest BCUT2D eigenvalue weighted by atomic mass is 16.6. The lowest BCUT2D eigenvalue weighted by Crippen LogP contribution is -2.30. The van der Waals surface area contributed by atoms with Gasteiger partial charge in [-0.05, 0) is 54.2 Å². The van der Waals surface area contributed by atoms with Crippen molar-refractivity contribution in [2.45, 2.75) is 46.1 Å². The largest absolute Gasteiger partial charge is 0.507 e. The Bertz CT molecular complexity index is 1200. The van der Waals surface area contributed by atoms with Crippen molar-refractivity contribution >= 4 is 23.1 Å². The minimum atomic E-state index is -1.04. The molecule has 1 amide bonds. The number of rotatable bonds is 7. The average molecular weight is 469 g/mol. The molecular weight excluding hydrogens is 440 g/mol. The number of benzene rings is 2. The number of aryl methyl sites for hydroxylation is 1. The molecule has 1 unspecified atom stereocenters. The topological polar surface area (TPSA) is 130 Å². The number of carbonyl (C=O) groups is 2. The van der Waals surface area contributed by atoms with E-state index in [1.807, 2.05) is 20.8 Å². The SMILES string of the molecule is CCCN1C(=O)C(=O)/C(=C(/O)c2cc(C(C)C)c(OC)cc2C)C1c1ccc(O)c([N+](=O)[O-])c1. The first-order chi connectivity index (χ1) is 16.0. The van der Waals surface area contributed by atoms with Crippen LogP contribution in [-0.4, -0.2) is 45.4 Å². The highest BCUT2D eigenvalue weighted by Gasteiger charge is 2.46. The summed E-state index contributed by atoms with van der Waals surface area (Å²) in [4.78, 5) is 38.0. The van der Waals surface area contributed by atoms with Crippen molar-refractivity contribution in [1.29, 1.82) is 0 Å². The molecule has 34 heavy (non-hydrogen) atoms. The minimum absolute atomic E-state index is 0.0557. The Kier molecular flexibility index (Phi) is 6.95. The molecule has 2 N–H and O–H groups in total. The van der Waals surface area contributed by atoms with Crippen molar-refractivity contribution in [2.24, 2.45) is 0 Å². The second-order valence-electron chi connectivity index (χ2n) is 8.56. The predicted octanol–water partition coefficient (Wildman–Crippen LogP) is 4.57. The van der Waals surface area contributed by atoms with E-state index in [2.05, 4.69) is 0 Å². The standard InChI is InChI=1S/C25H28N2O7/c1-6-9-26-22(15-7-8-19(28)18(11-15)27(32)33)21(24(30)25(26)31)23(29)17-12-16(13(2)3)20(34-5)10-14(17)4/h7-8,10-13,22,28-29H,6,9H2,1-5H3/b23-21+. The summed E-state index contributed by atoms with van der Waals surface area (Å²) >= 11 is 0. The van der Waals surface area contributed by atoms with E-state index in [4.69, 9.17) is 4.74 Å². The quantitative estimate of drug-likeness (QED) is 0.200. The second-order valence-corrected chi connectivity index (χ2v) is 8.56. The molecule has 180 valence electrons. The first-order valence-corrected chi connectivity index (χ1v) is 11.0. The molecule has 1 fully saturated rings. The molecule has 1 atom stereocenters. The van der Waals surface area contributed by atoms with Crippen LogP contribution in [0.15, 0.2) is 35.9 Å². The van der Waals surface area contributed by atoms with Gasteiger partial charge in [0.05, 0.1) is 23.6 Å². The number of phenols is 1. The van der Waals surface area contributed by atoms with E-state index < -0.39 is 34.1 Å². The number of nitro groups is 1. The number of ketones is 1. The van der Waals surface area contributed by atoms with Gasteiger partial charge in [-0.15, -0.1) is 0 Å². The van der Waals surface area contributed by atoms with Crippen LogP contribution < -0.4 is 4.74 Å². The predicted molar refractivity (Wildman–Crippen MR) is 126 cm³/mol. The smallest absolute Gasteiger partial charge is 0.311 e. The number of Topliss-reactive ketones (excluding diaryl/α,β-unsaturated/α-hetero) is 1. The van der Waals surface area contributed by atoms with Gasteiger partial charge in [-0.1, -0.05) is 26.8 Å². The number of aromatic hydroxyl groups is 1. The van der Waals surface area contributed by atoms with Gasteiger partial charge in [0, 0.05) is 18.2 Å². The lowest BCUT2D eigenvalue weighted by Gasteiger charge is -2.25. The van der Waals surface area contributed by atoms with Gasteiger partial charge in [-0.3, -0.25) is 19.7 Å². The van der Waals surface area contributed by atoms with Crippen LogP contribution in [-0.2, 0) is 9.59 Å². The lowest BCUT2D eigenvalue weighted by molar-refractivity contribution is -0.385. The van der Waals surface area contributed by atoms with E-state index in [0.29, 0.717) is 23.3 Å². The number of likely N-dealkylation sites (tertiary alicyclic amines) is 1. The average Bonchev–Trinajstić information content (AvgIpc) is 3.03. The Morgan fingerprint density at radius 1 is 1.24 bits per heavy atom. The van der Waals surface area contributed by atoms with Gasteiger partial charge in [0.1, 0.15) is 11.5 Å². The molecule has 1 saturated heterocycles. The zero-order valence-corrected chi connectivity index (χ0v) is 19.8. The molecule has 0 aliphatic carbocycles. The summed E-state index contributed by atoms with van der Waals surface area (Å²) in [6.07, 6.45) is 0.531. The Balaban J connectivity index is 2.31. The molecule has 0 aromatic heterocycles. The van der Waals surface area contributed by atoms with E-state index >= 15 is 0 Å². The van der Waals surface area contributed by atoms with Crippen molar-refractivity contribution in [3.8, 4) is 11.5 Å². The van der Waals surface area contributed by atoms with Crippen LogP contribution in [0.2, 0.25) is 0 Å². The summed E-state index contributed by atoms with van der Waals surface area (Å²) < 4.78 is 5.46. The van der Waals surface area contributed by atoms with Gasteiger partial charge in [-0.2, -0.15) is 0 Å². The van der Waals surface area contributed by atoms with Crippen molar-refractivity contribution in [3.63, 3.8) is 0 Å². The summed E-state index contributed by atoms with van der Waals surface area (Å²) in [5.41, 5.74) is 1.36. The number of phenolic OH excluding ortho intramolecular Hbond substituents is 1. The van der Waals surface area contributed by atoms with Crippen molar-refractivity contribution in [3.05, 3.63) is 68.3 Å². The summed E-state index contributed by atoms with van der Waals surface area (Å²) in [6.45, 7) is 7.72. The molecule has 0 radical (unpaired) electrons. The lowest BCUT2D eigenvalue weighted by atomic mass is 9.91. The molecule has 2 aromatic rings.